The standard InChI is InChI=1S/C13H23N5O/c1-4-10-9-16(2)6-5-7-18(10)13(19)12-11(14)8-15-17(12)3/h8,10H,4-7,9,14H2,1-3H3. The molecule has 1 atom stereocenters. The highest BCUT2D eigenvalue weighted by Crippen LogP contribution is 2.18. The van der Waals surface area contributed by atoms with Crippen molar-refractivity contribution in [1.82, 2.24) is 19.6 Å². The van der Waals surface area contributed by atoms with Gasteiger partial charge in [0.25, 0.3) is 5.91 Å². The average molecular weight is 265 g/mol. The minimum atomic E-state index is -0.000324. The van der Waals surface area contributed by atoms with Gasteiger partial charge in [0.1, 0.15) is 5.69 Å². The predicted octanol–water partition coefficient (Wildman–Crippen LogP) is 0.559. The number of nitrogens with zero attached hydrogens (tertiary/aromatic N) is 4. The number of nitrogen functional groups attached to an aromatic ring is 1. The molecule has 6 nitrogen and oxygen atoms in total. The van der Waals surface area contributed by atoms with Crippen molar-refractivity contribution in [1.29, 1.82) is 0 Å². The van der Waals surface area contributed by atoms with Gasteiger partial charge >= 0.3 is 0 Å². The number of nitrogens with two attached hydrogens (primary N) is 1. The summed E-state index contributed by atoms with van der Waals surface area (Å²) in [7, 11) is 3.86. The number of carbonyl (C=O) groups is 1. The molecule has 1 amide bonds. The van der Waals surface area contributed by atoms with E-state index in [2.05, 4.69) is 24.0 Å². The lowest BCUT2D eigenvalue weighted by Gasteiger charge is -2.30. The maximum absolute atomic E-state index is 12.7. The van der Waals surface area contributed by atoms with Crippen LogP contribution in [0.25, 0.3) is 0 Å². The SMILES string of the molecule is CCC1CN(C)CCCN1C(=O)c1c(N)cnn1C. The van der Waals surface area contributed by atoms with Gasteiger partial charge in [-0.2, -0.15) is 5.10 Å². The highest BCUT2D eigenvalue weighted by molar-refractivity contribution is 5.97. The predicted molar refractivity (Wildman–Crippen MR) is 74.8 cm³/mol. The smallest absolute Gasteiger partial charge is 0.274 e. The molecule has 2 heterocycles. The van der Waals surface area contributed by atoms with Gasteiger partial charge in [-0.3, -0.25) is 9.48 Å². The number of aryl methyl sites for hydroxylation is 1. The molecule has 2 N–H and O–H groups in total. The minimum Gasteiger partial charge on any atom is -0.396 e. The maximum Gasteiger partial charge on any atom is 0.274 e. The summed E-state index contributed by atoms with van der Waals surface area (Å²) in [6.07, 6.45) is 3.49. The fraction of sp³-hybridized carbons (Fsp3) is 0.692. The van der Waals surface area contributed by atoms with Gasteiger partial charge < -0.3 is 15.5 Å². The van der Waals surface area contributed by atoms with E-state index in [9.17, 15) is 4.79 Å². The first-order valence-corrected chi connectivity index (χ1v) is 6.81. The van der Waals surface area contributed by atoms with E-state index in [0.29, 0.717) is 11.4 Å². The zero-order valence-electron chi connectivity index (χ0n) is 12.0. The van der Waals surface area contributed by atoms with Crippen molar-refractivity contribution in [2.75, 3.05) is 32.4 Å². The largest absolute Gasteiger partial charge is 0.396 e. The second-order valence-electron chi connectivity index (χ2n) is 5.25. The fourth-order valence-corrected chi connectivity index (χ4v) is 2.71. The topological polar surface area (TPSA) is 67.4 Å². The number of carbonyl (C=O) groups excluding carboxylic acids is 1. The molecule has 0 radical (unpaired) electrons. The number of aromatic nitrogens is 2. The molecule has 1 aliphatic heterocycles. The number of amides is 1. The Balaban J connectivity index is 2.25. The monoisotopic (exact) mass is 265 g/mol. The normalized spacial score (nSPS) is 21.4. The van der Waals surface area contributed by atoms with E-state index in [4.69, 9.17) is 5.73 Å². The Hall–Kier alpha value is -1.56. The van der Waals surface area contributed by atoms with Crippen molar-refractivity contribution in [3.63, 3.8) is 0 Å². The molecule has 1 saturated heterocycles. The van der Waals surface area contributed by atoms with Gasteiger partial charge in [-0.25, -0.2) is 0 Å². The second-order valence-corrected chi connectivity index (χ2v) is 5.25. The Morgan fingerprint density at radius 1 is 1.47 bits per heavy atom. The molecule has 2 rings (SSSR count). The lowest BCUT2D eigenvalue weighted by atomic mass is 10.1. The summed E-state index contributed by atoms with van der Waals surface area (Å²) in [4.78, 5) is 16.9. The molecule has 0 saturated carbocycles. The second kappa shape index (κ2) is 5.61. The molecular weight excluding hydrogens is 242 g/mol. The summed E-state index contributed by atoms with van der Waals surface area (Å²) < 4.78 is 1.57. The van der Waals surface area contributed by atoms with Crippen LogP contribution >= 0.6 is 0 Å². The van der Waals surface area contributed by atoms with E-state index >= 15 is 0 Å². The van der Waals surface area contributed by atoms with E-state index in [1.165, 1.54) is 6.20 Å². The van der Waals surface area contributed by atoms with Gasteiger partial charge in [-0.1, -0.05) is 6.92 Å². The van der Waals surface area contributed by atoms with E-state index in [1.807, 2.05) is 4.90 Å². The van der Waals surface area contributed by atoms with Crippen LogP contribution in [0, 0.1) is 0 Å². The zero-order chi connectivity index (χ0) is 14.0. The molecule has 106 valence electrons. The Kier molecular flexibility index (Phi) is 4.09. The molecule has 19 heavy (non-hydrogen) atoms. The van der Waals surface area contributed by atoms with Crippen LogP contribution in [0.15, 0.2) is 6.20 Å². The van der Waals surface area contributed by atoms with Crippen LogP contribution < -0.4 is 5.73 Å². The summed E-state index contributed by atoms with van der Waals surface area (Å²) in [6.45, 7) is 4.85. The molecule has 1 unspecified atom stereocenters. The van der Waals surface area contributed by atoms with E-state index in [1.54, 1.807) is 11.7 Å². The summed E-state index contributed by atoms with van der Waals surface area (Å²) >= 11 is 0. The lowest BCUT2D eigenvalue weighted by molar-refractivity contribution is 0.0665. The molecule has 1 aromatic rings. The van der Waals surface area contributed by atoms with Crippen molar-refractivity contribution in [2.45, 2.75) is 25.8 Å². The van der Waals surface area contributed by atoms with Crippen molar-refractivity contribution < 1.29 is 4.79 Å². The van der Waals surface area contributed by atoms with Crippen LogP contribution in [0.4, 0.5) is 5.69 Å². The zero-order valence-corrected chi connectivity index (χ0v) is 12.0. The molecule has 1 fully saturated rings. The van der Waals surface area contributed by atoms with Crippen LogP contribution in [0.2, 0.25) is 0 Å². The first kappa shape index (κ1) is 13.9. The third kappa shape index (κ3) is 2.73. The molecule has 1 aromatic heterocycles. The Bertz CT molecular complexity index is 436. The van der Waals surface area contributed by atoms with Crippen molar-refractivity contribution in [3.05, 3.63) is 11.9 Å². The molecular formula is C13H23N5O. The van der Waals surface area contributed by atoms with Crippen LogP contribution in [0.5, 0.6) is 0 Å². The third-order valence-electron chi connectivity index (χ3n) is 3.80. The van der Waals surface area contributed by atoms with Gasteiger partial charge in [0, 0.05) is 26.2 Å². The van der Waals surface area contributed by atoms with E-state index in [-0.39, 0.29) is 11.9 Å². The van der Waals surface area contributed by atoms with Crippen LogP contribution in [-0.4, -0.2) is 58.2 Å². The quantitative estimate of drug-likeness (QED) is 0.848. The molecule has 0 aromatic carbocycles. The number of rotatable bonds is 2. The van der Waals surface area contributed by atoms with Gasteiger partial charge in [-0.05, 0) is 26.4 Å². The highest BCUT2D eigenvalue weighted by Gasteiger charge is 2.29. The number of likely N-dealkylation sites (N-methyl/N-ethyl adjacent to an activating group) is 1. The van der Waals surface area contributed by atoms with Crippen LogP contribution in [-0.2, 0) is 7.05 Å². The third-order valence-corrected chi connectivity index (χ3v) is 3.80. The highest BCUT2D eigenvalue weighted by atomic mass is 16.2. The van der Waals surface area contributed by atoms with E-state index in [0.717, 1.165) is 32.5 Å². The summed E-state index contributed by atoms with van der Waals surface area (Å²) in [6, 6.07) is 0.245. The first-order valence-electron chi connectivity index (χ1n) is 6.81. The maximum atomic E-state index is 12.7. The fourth-order valence-electron chi connectivity index (χ4n) is 2.71. The van der Waals surface area contributed by atoms with E-state index < -0.39 is 0 Å². The minimum absolute atomic E-state index is 0.000324. The number of hydrogen-bond acceptors (Lipinski definition) is 4. The molecule has 1 aliphatic rings. The summed E-state index contributed by atoms with van der Waals surface area (Å²) in [5, 5.41) is 4.06. The van der Waals surface area contributed by atoms with Gasteiger partial charge in [0.15, 0.2) is 0 Å². The van der Waals surface area contributed by atoms with Crippen molar-refractivity contribution in [2.24, 2.45) is 7.05 Å². The Morgan fingerprint density at radius 2 is 2.21 bits per heavy atom. The molecule has 0 spiro atoms. The number of anilines is 1. The molecule has 0 bridgehead atoms. The van der Waals surface area contributed by atoms with Crippen LogP contribution in [0.3, 0.4) is 0 Å². The van der Waals surface area contributed by atoms with Crippen LogP contribution in [0.1, 0.15) is 30.3 Å². The van der Waals surface area contributed by atoms with Gasteiger partial charge in [0.05, 0.1) is 11.9 Å². The first-order chi connectivity index (χ1) is 9.04. The van der Waals surface area contributed by atoms with Crippen molar-refractivity contribution >= 4 is 11.6 Å². The number of hydrogen-bond donors (Lipinski definition) is 1. The lowest BCUT2D eigenvalue weighted by Crippen LogP contribution is -2.44. The summed E-state index contributed by atoms with van der Waals surface area (Å²) in [5.74, 6) is -0.000324. The molecule has 0 aliphatic carbocycles. The van der Waals surface area contributed by atoms with Gasteiger partial charge in [-0.15, -0.1) is 0 Å². The van der Waals surface area contributed by atoms with Crippen molar-refractivity contribution in [3.8, 4) is 0 Å². The molecule has 6 heteroatoms. The summed E-state index contributed by atoms with van der Waals surface area (Å²) in [5.41, 5.74) is 6.82. The average Bonchev–Trinajstić information content (AvgIpc) is 2.61. The Labute approximate surface area is 114 Å². The Morgan fingerprint density at radius 3 is 2.79 bits per heavy atom. The van der Waals surface area contributed by atoms with Gasteiger partial charge in [0.2, 0.25) is 0 Å².